The Bertz CT molecular complexity index is 342. The molecule has 0 unspecified atom stereocenters. The maximum Gasteiger partial charge on any atom is 0.243 e. The molecule has 0 radical (unpaired) electrons. The Balaban J connectivity index is 2.09. The van der Waals surface area contributed by atoms with E-state index in [1.807, 2.05) is 6.08 Å². The summed E-state index contributed by atoms with van der Waals surface area (Å²) in [7, 11) is 0. The number of nitrogens with zero attached hydrogens (tertiary/aromatic N) is 2. The monoisotopic (exact) mass is 279 g/mol. The smallest absolute Gasteiger partial charge is 0.243 e. The molecule has 0 spiro atoms. The highest BCUT2D eigenvalue weighted by atomic mass is 16.2. The van der Waals surface area contributed by atoms with Crippen LogP contribution in [-0.2, 0) is 4.79 Å². The minimum absolute atomic E-state index is 0.270. The van der Waals surface area contributed by atoms with E-state index >= 15 is 0 Å². The fourth-order valence-electron chi connectivity index (χ4n) is 3.46. The number of piperazine rings is 1. The van der Waals surface area contributed by atoms with Gasteiger partial charge in [-0.15, -0.1) is 6.58 Å². The molecule has 0 aromatic rings. The van der Waals surface area contributed by atoms with Crippen LogP contribution in [0.1, 0.15) is 39.5 Å². The quantitative estimate of drug-likeness (QED) is 0.777. The molecule has 1 N–H and O–H groups in total. The zero-order valence-corrected chi connectivity index (χ0v) is 13.0. The SMILES string of the molecule is C=CCN(C(=O)C(C)(C)N1CCNCC1)C1CCCC1. The van der Waals surface area contributed by atoms with Crippen molar-refractivity contribution in [3.05, 3.63) is 12.7 Å². The van der Waals surface area contributed by atoms with E-state index in [0.717, 1.165) is 39.0 Å². The summed E-state index contributed by atoms with van der Waals surface area (Å²) in [6, 6.07) is 0.419. The third-order valence-corrected chi connectivity index (χ3v) is 4.78. The van der Waals surface area contributed by atoms with Crippen molar-refractivity contribution in [2.45, 2.75) is 51.1 Å². The van der Waals surface area contributed by atoms with Gasteiger partial charge in [0.25, 0.3) is 0 Å². The maximum absolute atomic E-state index is 13.1. The molecule has 0 bridgehead atoms. The van der Waals surface area contributed by atoms with E-state index in [1.54, 1.807) is 0 Å². The van der Waals surface area contributed by atoms with Gasteiger partial charge in [-0.2, -0.15) is 0 Å². The molecule has 1 heterocycles. The average molecular weight is 279 g/mol. The van der Waals surface area contributed by atoms with E-state index in [9.17, 15) is 4.79 Å². The van der Waals surface area contributed by atoms with Gasteiger partial charge in [-0.1, -0.05) is 18.9 Å². The van der Waals surface area contributed by atoms with E-state index < -0.39 is 5.54 Å². The zero-order chi connectivity index (χ0) is 14.6. The summed E-state index contributed by atoms with van der Waals surface area (Å²) in [4.78, 5) is 17.4. The largest absolute Gasteiger partial charge is 0.334 e. The summed E-state index contributed by atoms with van der Waals surface area (Å²) in [5.41, 5.74) is -0.409. The van der Waals surface area contributed by atoms with Crippen molar-refractivity contribution in [3.63, 3.8) is 0 Å². The van der Waals surface area contributed by atoms with Crippen LogP contribution in [0.3, 0.4) is 0 Å². The Labute approximate surface area is 123 Å². The molecule has 1 saturated heterocycles. The van der Waals surface area contributed by atoms with Crippen molar-refractivity contribution in [1.82, 2.24) is 15.1 Å². The third-order valence-electron chi connectivity index (χ3n) is 4.78. The van der Waals surface area contributed by atoms with Crippen molar-refractivity contribution in [2.24, 2.45) is 0 Å². The van der Waals surface area contributed by atoms with Gasteiger partial charge in [-0.05, 0) is 26.7 Å². The number of hydrogen-bond acceptors (Lipinski definition) is 3. The van der Waals surface area contributed by atoms with Crippen LogP contribution in [0.2, 0.25) is 0 Å². The van der Waals surface area contributed by atoms with Crippen LogP contribution < -0.4 is 5.32 Å². The van der Waals surface area contributed by atoms with E-state index in [-0.39, 0.29) is 5.91 Å². The zero-order valence-electron chi connectivity index (χ0n) is 13.0. The number of rotatable bonds is 5. The predicted molar refractivity (Wildman–Crippen MR) is 82.7 cm³/mol. The van der Waals surface area contributed by atoms with Crippen LogP contribution >= 0.6 is 0 Å². The van der Waals surface area contributed by atoms with Gasteiger partial charge in [-0.25, -0.2) is 0 Å². The molecule has 1 amide bonds. The summed E-state index contributed by atoms with van der Waals surface area (Å²) < 4.78 is 0. The van der Waals surface area contributed by atoms with E-state index in [4.69, 9.17) is 0 Å². The number of carbonyl (C=O) groups is 1. The highest BCUT2D eigenvalue weighted by Crippen LogP contribution is 2.27. The minimum Gasteiger partial charge on any atom is -0.334 e. The van der Waals surface area contributed by atoms with Gasteiger partial charge in [0.05, 0.1) is 5.54 Å². The van der Waals surface area contributed by atoms with Crippen molar-refractivity contribution >= 4 is 5.91 Å². The van der Waals surface area contributed by atoms with Gasteiger partial charge in [0, 0.05) is 38.8 Å². The van der Waals surface area contributed by atoms with Crippen LogP contribution in [0.4, 0.5) is 0 Å². The number of hydrogen-bond donors (Lipinski definition) is 1. The van der Waals surface area contributed by atoms with E-state index in [0.29, 0.717) is 12.6 Å². The Morgan fingerprint density at radius 1 is 1.35 bits per heavy atom. The van der Waals surface area contributed by atoms with Crippen molar-refractivity contribution < 1.29 is 4.79 Å². The summed E-state index contributed by atoms with van der Waals surface area (Å²) in [6.07, 6.45) is 6.66. The van der Waals surface area contributed by atoms with Gasteiger partial charge in [0.2, 0.25) is 5.91 Å². The third kappa shape index (κ3) is 3.23. The number of amides is 1. The first-order chi connectivity index (χ1) is 9.57. The van der Waals surface area contributed by atoms with E-state index in [2.05, 4.69) is 35.5 Å². The molecule has 114 valence electrons. The lowest BCUT2D eigenvalue weighted by atomic mass is 9.98. The second-order valence-electron chi connectivity index (χ2n) is 6.48. The van der Waals surface area contributed by atoms with Gasteiger partial charge in [0.1, 0.15) is 0 Å². The Morgan fingerprint density at radius 2 is 1.95 bits per heavy atom. The molecule has 4 heteroatoms. The fourth-order valence-corrected chi connectivity index (χ4v) is 3.46. The standard InChI is InChI=1S/C16H29N3O/c1-4-11-19(14-7-5-6-8-14)15(20)16(2,3)18-12-9-17-10-13-18/h4,14,17H,1,5-13H2,2-3H3. The maximum atomic E-state index is 13.1. The van der Waals surface area contributed by atoms with Crippen LogP contribution in [0.5, 0.6) is 0 Å². The first-order valence-corrected chi connectivity index (χ1v) is 7.95. The fraction of sp³-hybridized carbons (Fsp3) is 0.812. The Hall–Kier alpha value is -0.870. The Kier molecular flexibility index (Phi) is 5.22. The minimum atomic E-state index is -0.409. The molecule has 1 aliphatic carbocycles. The van der Waals surface area contributed by atoms with E-state index in [1.165, 1.54) is 12.8 Å². The first-order valence-electron chi connectivity index (χ1n) is 7.95. The lowest BCUT2D eigenvalue weighted by Crippen LogP contribution is -2.61. The predicted octanol–water partition coefficient (Wildman–Crippen LogP) is 1.63. The van der Waals surface area contributed by atoms with Gasteiger partial charge in [0.15, 0.2) is 0 Å². The summed E-state index contributed by atoms with van der Waals surface area (Å²) in [6.45, 7) is 12.5. The van der Waals surface area contributed by atoms with Crippen molar-refractivity contribution in [3.8, 4) is 0 Å². The van der Waals surface area contributed by atoms with Gasteiger partial charge < -0.3 is 10.2 Å². The Morgan fingerprint density at radius 3 is 2.50 bits per heavy atom. The lowest BCUT2D eigenvalue weighted by Gasteiger charge is -2.43. The van der Waals surface area contributed by atoms with Crippen LogP contribution in [-0.4, -0.2) is 60.0 Å². The highest BCUT2D eigenvalue weighted by molar-refractivity contribution is 5.86. The summed E-state index contributed by atoms with van der Waals surface area (Å²) in [5.74, 6) is 0.270. The van der Waals surface area contributed by atoms with Crippen molar-refractivity contribution in [2.75, 3.05) is 32.7 Å². The molecule has 2 rings (SSSR count). The van der Waals surface area contributed by atoms with Crippen LogP contribution in [0.15, 0.2) is 12.7 Å². The molecular formula is C16H29N3O. The number of nitrogens with one attached hydrogen (secondary N) is 1. The molecular weight excluding hydrogens is 250 g/mol. The molecule has 1 aliphatic heterocycles. The molecule has 0 aromatic heterocycles. The molecule has 2 fully saturated rings. The highest BCUT2D eigenvalue weighted by Gasteiger charge is 2.40. The number of carbonyl (C=O) groups excluding carboxylic acids is 1. The summed E-state index contributed by atoms with van der Waals surface area (Å²) in [5, 5.41) is 3.35. The van der Waals surface area contributed by atoms with Gasteiger partial charge >= 0.3 is 0 Å². The topological polar surface area (TPSA) is 35.6 Å². The lowest BCUT2D eigenvalue weighted by molar-refractivity contribution is -0.145. The molecule has 20 heavy (non-hydrogen) atoms. The molecule has 0 atom stereocenters. The van der Waals surface area contributed by atoms with Crippen LogP contribution in [0.25, 0.3) is 0 Å². The average Bonchev–Trinajstić information content (AvgIpc) is 2.99. The molecule has 1 saturated carbocycles. The normalized spacial score (nSPS) is 21.9. The molecule has 4 nitrogen and oxygen atoms in total. The van der Waals surface area contributed by atoms with Gasteiger partial charge in [-0.3, -0.25) is 9.69 Å². The second kappa shape index (κ2) is 6.72. The molecule has 2 aliphatic rings. The second-order valence-corrected chi connectivity index (χ2v) is 6.48. The molecule has 0 aromatic carbocycles. The summed E-state index contributed by atoms with van der Waals surface area (Å²) >= 11 is 0. The van der Waals surface area contributed by atoms with Crippen LogP contribution in [0, 0.1) is 0 Å². The van der Waals surface area contributed by atoms with Crippen molar-refractivity contribution in [1.29, 1.82) is 0 Å². The first kappa shape index (κ1) is 15.5.